The largest absolute Gasteiger partial charge is 0.309 e. The molecule has 8 aromatic carbocycles. The second kappa shape index (κ2) is 13.6. The average molecular weight is 733 g/mol. The van der Waals surface area contributed by atoms with Crippen molar-refractivity contribution in [2.75, 3.05) is 0 Å². The molecule has 0 aliphatic carbocycles. The molecule has 2 aromatic heterocycles. The molecule has 2 nitrogen and oxygen atoms in total. The zero-order chi connectivity index (χ0) is 38.9. The van der Waals surface area contributed by atoms with Gasteiger partial charge >= 0.3 is 0 Å². The second-order valence-electron chi connectivity index (χ2n) is 16.2. The van der Waals surface area contributed by atoms with Gasteiger partial charge in [0.05, 0.1) is 22.1 Å². The summed E-state index contributed by atoms with van der Waals surface area (Å²) >= 11 is 0. The first-order valence-corrected chi connectivity index (χ1v) is 20.1. The molecule has 3 heteroatoms. The van der Waals surface area contributed by atoms with Gasteiger partial charge in [0.15, 0.2) is 0 Å². The van der Waals surface area contributed by atoms with E-state index in [0.717, 1.165) is 5.69 Å². The summed E-state index contributed by atoms with van der Waals surface area (Å²) in [5.41, 5.74) is 21.7. The number of para-hydroxylation sites is 3. The van der Waals surface area contributed by atoms with Gasteiger partial charge in [0.2, 0.25) is 6.71 Å². The summed E-state index contributed by atoms with van der Waals surface area (Å²) in [5.74, 6) is 0. The van der Waals surface area contributed by atoms with E-state index in [1.807, 2.05) is 0 Å². The first kappa shape index (κ1) is 34.9. The predicted molar refractivity (Wildman–Crippen MR) is 247 cm³/mol. The van der Waals surface area contributed by atoms with Crippen LogP contribution in [0.25, 0.3) is 66.1 Å². The fourth-order valence-corrected chi connectivity index (χ4v) is 10.0. The number of rotatable bonds is 6. The Labute approximate surface area is 335 Å². The SMILES string of the molecule is Cc1cc(C)c(B(c2cccc(-c3ccc(-n4c5ccccc5c5cc6c7ccccc7n(-c7ccccc7)c6cc54)cc3)c2)c2c(C)cc(C)cc2C)c(C)c1. The molecule has 0 fully saturated rings. The van der Waals surface area contributed by atoms with Crippen molar-refractivity contribution < 1.29 is 0 Å². The van der Waals surface area contributed by atoms with Gasteiger partial charge < -0.3 is 9.13 Å². The minimum Gasteiger partial charge on any atom is -0.309 e. The van der Waals surface area contributed by atoms with E-state index in [4.69, 9.17) is 0 Å². The molecule has 0 N–H and O–H groups in total. The lowest BCUT2D eigenvalue weighted by molar-refractivity contribution is 1.16. The molecule has 0 aliphatic rings. The average Bonchev–Trinajstić information content (AvgIpc) is 3.71. The van der Waals surface area contributed by atoms with Gasteiger partial charge in [-0.15, -0.1) is 0 Å². The maximum Gasteiger partial charge on any atom is 0.242 e. The quantitative estimate of drug-likeness (QED) is 0.151. The van der Waals surface area contributed by atoms with E-state index in [-0.39, 0.29) is 6.71 Å². The van der Waals surface area contributed by atoms with Gasteiger partial charge in [-0.3, -0.25) is 0 Å². The van der Waals surface area contributed by atoms with Gasteiger partial charge in [-0.2, -0.15) is 0 Å². The summed E-state index contributed by atoms with van der Waals surface area (Å²) in [6.45, 7) is 13.7. The smallest absolute Gasteiger partial charge is 0.242 e. The molecule has 0 amide bonds. The van der Waals surface area contributed by atoms with Crippen molar-refractivity contribution >= 4 is 66.7 Å². The maximum atomic E-state index is 2.44. The number of hydrogen-bond donors (Lipinski definition) is 0. The van der Waals surface area contributed by atoms with E-state index in [2.05, 4.69) is 214 Å². The Bertz CT molecular complexity index is 3080. The van der Waals surface area contributed by atoms with Crippen LogP contribution in [-0.4, -0.2) is 15.8 Å². The molecular weight excluding hydrogens is 687 g/mol. The van der Waals surface area contributed by atoms with Crippen molar-refractivity contribution in [3.63, 3.8) is 0 Å². The van der Waals surface area contributed by atoms with Gasteiger partial charge in [-0.05, 0) is 101 Å². The molecular formula is C54H45BN2. The van der Waals surface area contributed by atoms with Gasteiger partial charge in [-0.25, -0.2) is 0 Å². The molecule has 57 heavy (non-hydrogen) atoms. The van der Waals surface area contributed by atoms with Crippen LogP contribution in [0.2, 0.25) is 0 Å². The number of aromatic nitrogens is 2. The van der Waals surface area contributed by atoms with E-state index >= 15 is 0 Å². The van der Waals surface area contributed by atoms with Crippen LogP contribution < -0.4 is 16.4 Å². The molecule has 0 radical (unpaired) electrons. The third kappa shape index (κ3) is 5.72. The monoisotopic (exact) mass is 732 g/mol. The Balaban J connectivity index is 1.12. The first-order valence-electron chi connectivity index (χ1n) is 20.1. The molecule has 10 rings (SSSR count). The van der Waals surface area contributed by atoms with Crippen LogP contribution in [0.5, 0.6) is 0 Å². The van der Waals surface area contributed by atoms with Crippen molar-refractivity contribution in [2.24, 2.45) is 0 Å². The lowest BCUT2D eigenvalue weighted by atomic mass is 9.34. The predicted octanol–water partition coefficient (Wildman–Crippen LogP) is 11.9. The van der Waals surface area contributed by atoms with Crippen LogP contribution >= 0.6 is 0 Å². The lowest BCUT2D eigenvalue weighted by Crippen LogP contribution is -2.55. The highest BCUT2D eigenvalue weighted by Gasteiger charge is 2.29. The fourth-order valence-electron chi connectivity index (χ4n) is 10.0. The number of aryl methyl sites for hydroxylation is 6. The summed E-state index contributed by atoms with van der Waals surface area (Å²) in [7, 11) is 0. The Morgan fingerprint density at radius 2 is 0.807 bits per heavy atom. The van der Waals surface area contributed by atoms with Gasteiger partial charge in [0, 0.05) is 32.9 Å². The Kier molecular flexibility index (Phi) is 8.30. The highest BCUT2D eigenvalue weighted by Crippen LogP contribution is 2.39. The lowest BCUT2D eigenvalue weighted by Gasteiger charge is -2.25. The Morgan fingerprint density at radius 1 is 0.333 bits per heavy atom. The third-order valence-corrected chi connectivity index (χ3v) is 12.2. The molecule has 274 valence electrons. The highest BCUT2D eigenvalue weighted by molar-refractivity contribution is 6.96. The third-order valence-electron chi connectivity index (χ3n) is 12.2. The molecule has 0 bridgehead atoms. The number of hydrogen-bond acceptors (Lipinski definition) is 0. The number of benzene rings is 8. The van der Waals surface area contributed by atoms with Gasteiger partial charge in [0.1, 0.15) is 0 Å². The Morgan fingerprint density at radius 3 is 1.33 bits per heavy atom. The molecule has 0 atom stereocenters. The van der Waals surface area contributed by atoms with Crippen molar-refractivity contribution in [3.05, 3.63) is 197 Å². The standard InChI is InChI=1S/C54H45BN2/c1-34-27-36(3)53(37(4)28-34)55(54-38(5)29-35(2)30-39(54)6)42-16-14-15-41(31-42)40-23-25-44(26-24-40)57-50-22-13-11-20-46(50)48-32-47-45-19-10-12-21-49(45)56(51(47)33-52(48)57)43-17-8-7-9-18-43/h7-33H,1-6H3. The Hall–Kier alpha value is -6.58. The molecule has 10 aromatic rings. The minimum absolute atomic E-state index is 0.131. The number of fused-ring (bicyclic) bond motifs is 6. The van der Waals surface area contributed by atoms with Crippen LogP contribution in [0.3, 0.4) is 0 Å². The summed E-state index contributed by atoms with van der Waals surface area (Å²) in [6, 6.07) is 61.0. The van der Waals surface area contributed by atoms with E-state index in [1.165, 1.54) is 110 Å². The first-order chi connectivity index (χ1) is 27.7. The van der Waals surface area contributed by atoms with Crippen molar-refractivity contribution in [1.29, 1.82) is 0 Å². The molecule has 0 saturated carbocycles. The van der Waals surface area contributed by atoms with Crippen molar-refractivity contribution in [3.8, 4) is 22.5 Å². The van der Waals surface area contributed by atoms with Crippen LogP contribution in [0.4, 0.5) is 0 Å². The van der Waals surface area contributed by atoms with E-state index in [9.17, 15) is 0 Å². The minimum atomic E-state index is 0.131. The van der Waals surface area contributed by atoms with Gasteiger partial charge in [-0.1, -0.05) is 165 Å². The zero-order valence-corrected chi connectivity index (χ0v) is 33.6. The molecule has 2 heterocycles. The highest BCUT2D eigenvalue weighted by atomic mass is 15.0. The van der Waals surface area contributed by atoms with Crippen molar-refractivity contribution in [2.45, 2.75) is 41.5 Å². The summed E-state index contributed by atoms with van der Waals surface area (Å²) in [4.78, 5) is 0. The maximum absolute atomic E-state index is 2.44. The van der Waals surface area contributed by atoms with Crippen LogP contribution in [0.1, 0.15) is 33.4 Å². The van der Waals surface area contributed by atoms with Crippen LogP contribution in [0.15, 0.2) is 164 Å². The molecule has 0 spiro atoms. The summed E-state index contributed by atoms with van der Waals surface area (Å²) in [6.07, 6.45) is 0. The number of nitrogens with zero attached hydrogens (tertiary/aromatic N) is 2. The second-order valence-corrected chi connectivity index (χ2v) is 16.2. The van der Waals surface area contributed by atoms with Crippen molar-refractivity contribution in [1.82, 2.24) is 9.13 Å². The normalized spacial score (nSPS) is 11.7. The molecule has 0 saturated heterocycles. The molecule has 0 unspecified atom stereocenters. The van der Waals surface area contributed by atoms with E-state index in [0.29, 0.717) is 0 Å². The van der Waals surface area contributed by atoms with Crippen LogP contribution in [0, 0.1) is 41.5 Å². The zero-order valence-electron chi connectivity index (χ0n) is 33.6. The summed E-state index contributed by atoms with van der Waals surface area (Å²) in [5, 5.41) is 5.06. The van der Waals surface area contributed by atoms with Gasteiger partial charge in [0.25, 0.3) is 0 Å². The topological polar surface area (TPSA) is 9.86 Å². The van der Waals surface area contributed by atoms with E-state index in [1.54, 1.807) is 0 Å². The molecule has 0 aliphatic heterocycles. The fraction of sp³-hybridized carbons (Fsp3) is 0.111. The van der Waals surface area contributed by atoms with Crippen LogP contribution in [-0.2, 0) is 0 Å². The van der Waals surface area contributed by atoms with E-state index < -0.39 is 0 Å². The summed E-state index contributed by atoms with van der Waals surface area (Å²) < 4.78 is 4.86.